The predicted octanol–water partition coefficient (Wildman–Crippen LogP) is 3.65. The highest BCUT2D eigenvalue weighted by Crippen LogP contribution is 2.25. The van der Waals surface area contributed by atoms with E-state index in [1.165, 1.54) is 0 Å². The number of aromatic nitrogens is 2. The lowest BCUT2D eigenvalue weighted by molar-refractivity contribution is 0.414. The molecule has 0 spiro atoms. The van der Waals surface area contributed by atoms with Crippen molar-refractivity contribution >= 4 is 22.7 Å². The summed E-state index contributed by atoms with van der Waals surface area (Å²) in [5, 5.41) is 9.54. The highest BCUT2D eigenvalue weighted by molar-refractivity contribution is 5.91. The SMILES string of the molecule is COc1ccccc1/C=C(/C#N)c1nc2ccccc2n1C. The fraction of sp³-hybridized carbons (Fsp3) is 0.111. The molecule has 3 aromatic rings. The number of imidazole rings is 1. The Kier molecular flexibility index (Phi) is 3.63. The van der Waals surface area contributed by atoms with Crippen molar-refractivity contribution in [1.29, 1.82) is 5.26 Å². The van der Waals surface area contributed by atoms with Gasteiger partial charge in [0.1, 0.15) is 11.8 Å². The van der Waals surface area contributed by atoms with Gasteiger partial charge in [-0.25, -0.2) is 4.98 Å². The summed E-state index contributed by atoms with van der Waals surface area (Å²) in [6.45, 7) is 0. The minimum atomic E-state index is 0.503. The first-order valence-corrected chi connectivity index (χ1v) is 6.91. The summed E-state index contributed by atoms with van der Waals surface area (Å²) in [6, 6.07) is 17.7. The van der Waals surface area contributed by atoms with Crippen LogP contribution in [0.4, 0.5) is 0 Å². The van der Waals surface area contributed by atoms with Gasteiger partial charge in [0.15, 0.2) is 5.82 Å². The molecule has 0 radical (unpaired) electrons. The van der Waals surface area contributed by atoms with Gasteiger partial charge in [-0.2, -0.15) is 5.26 Å². The summed E-state index contributed by atoms with van der Waals surface area (Å²) < 4.78 is 7.26. The Bertz CT molecular complexity index is 900. The highest BCUT2D eigenvalue weighted by atomic mass is 16.5. The van der Waals surface area contributed by atoms with Crippen LogP contribution < -0.4 is 4.74 Å². The maximum atomic E-state index is 9.54. The van der Waals surface area contributed by atoms with Gasteiger partial charge in [-0.1, -0.05) is 30.3 Å². The summed E-state index contributed by atoms with van der Waals surface area (Å²) in [6.07, 6.45) is 1.81. The summed E-state index contributed by atoms with van der Waals surface area (Å²) in [5.74, 6) is 1.38. The number of aryl methyl sites for hydroxylation is 1. The van der Waals surface area contributed by atoms with Gasteiger partial charge in [0.05, 0.1) is 23.7 Å². The highest BCUT2D eigenvalue weighted by Gasteiger charge is 2.12. The van der Waals surface area contributed by atoms with Gasteiger partial charge in [-0.15, -0.1) is 0 Å². The summed E-state index contributed by atoms with van der Waals surface area (Å²) in [4.78, 5) is 4.57. The molecule has 0 aliphatic heterocycles. The summed E-state index contributed by atoms with van der Waals surface area (Å²) >= 11 is 0. The second-order valence-electron chi connectivity index (χ2n) is 4.89. The fourth-order valence-corrected chi connectivity index (χ4v) is 2.47. The molecule has 0 saturated heterocycles. The van der Waals surface area contributed by atoms with E-state index in [1.54, 1.807) is 13.2 Å². The van der Waals surface area contributed by atoms with E-state index in [4.69, 9.17) is 4.74 Å². The number of hydrogen-bond acceptors (Lipinski definition) is 3. The number of nitriles is 1. The van der Waals surface area contributed by atoms with E-state index < -0.39 is 0 Å². The fourth-order valence-electron chi connectivity index (χ4n) is 2.47. The molecule has 0 saturated carbocycles. The van der Waals surface area contributed by atoms with E-state index in [-0.39, 0.29) is 0 Å². The number of hydrogen-bond donors (Lipinski definition) is 0. The van der Waals surface area contributed by atoms with Gasteiger partial charge in [0.25, 0.3) is 0 Å². The molecule has 0 fully saturated rings. The van der Waals surface area contributed by atoms with Crippen molar-refractivity contribution < 1.29 is 4.74 Å². The molecular weight excluding hydrogens is 274 g/mol. The van der Waals surface area contributed by atoms with Crippen molar-refractivity contribution in [3.8, 4) is 11.8 Å². The second kappa shape index (κ2) is 5.74. The molecular formula is C18H15N3O. The topological polar surface area (TPSA) is 50.8 Å². The average Bonchev–Trinajstić information content (AvgIpc) is 2.90. The zero-order chi connectivity index (χ0) is 15.5. The van der Waals surface area contributed by atoms with Crippen LogP contribution in [0.2, 0.25) is 0 Å². The van der Waals surface area contributed by atoms with Crippen molar-refractivity contribution in [2.75, 3.05) is 7.11 Å². The van der Waals surface area contributed by atoms with E-state index in [0.717, 1.165) is 22.3 Å². The number of methoxy groups -OCH3 is 1. The van der Waals surface area contributed by atoms with Gasteiger partial charge in [-0.05, 0) is 24.3 Å². The van der Waals surface area contributed by atoms with E-state index in [2.05, 4.69) is 11.1 Å². The largest absolute Gasteiger partial charge is 0.496 e. The van der Waals surface area contributed by atoms with Gasteiger partial charge in [0.2, 0.25) is 0 Å². The van der Waals surface area contributed by atoms with Crippen LogP contribution in [0.3, 0.4) is 0 Å². The molecule has 0 N–H and O–H groups in total. The van der Waals surface area contributed by atoms with Crippen LogP contribution in [0.15, 0.2) is 48.5 Å². The van der Waals surface area contributed by atoms with Crippen molar-refractivity contribution in [2.45, 2.75) is 0 Å². The van der Waals surface area contributed by atoms with Gasteiger partial charge < -0.3 is 9.30 Å². The van der Waals surface area contributed by atoms with E-state index in [9.17, 15) is 5.26 Å². The normalized spacial score (nSPS) is 11.4. The monoisotopic (exact) mass is 289 g/mol. The molecule has 0 amide bonds. The molecule has 0 aliphatic carbocycles. The van der Waals surface area contributed by atoms with Crippen molar-refractivity contribution in [3.05, 3.63) is 59.9 Å². The standard InChI is InChI=1S/C18H15N3O/c1-21-16-9-5-4-8-15(16)20-18(21)14(12-19)11-13-7-3-6-10-17(13)22-2/h3-11H,1-2H3/b14-11-. The van der Waals surface area contributed by atoms with Crippen LogP contribution in [0.5, 0.6) is 5.75 Å². The van der Waals surface area contributed by atoms with Crippen molar-refractivity contribution in [3.63, 3.8) is 0 Å². The van der Waals surface area contributed by atoms with E-state index >= 15 is 0 Å². The summed E-state index contributed by atoms with van der Waals surface area (Å²) in [7, 11) is 3.53. The Hall–Kier alpha value is -3.06. The maximum absolute atomic E-state index is 9.54. The minimum Gasteiger partial charge on any atom is -0.496 e. The first kappa shape index (κ1) is 13.9. The number of nitrogens with zero attached hydrogens (tertiary/aromatic N) is 3. The Morgan fingerprint density at radius 3 is 2.64 bits per heavy atom. The van der Waals surface area contributed by atoms with E-state index in [0.29, 0.717) is 11.4 Å². The number of ether oxygens (including phenoxy) is 1. The molecule has 4 nitrogen and oxygen atoms in total. The lowest BCUT2D eigenvalue weighted by Gasteiger charge is -2.05. The number of fused-ring (bicyclic) bond motifs is 1. The zero-order valence-corrected chi connectivity index (χ0v) is 12.4. The maximum Gasteiger partial charge on any atom is 0.151 e. The molecule has 22 heavy (non-hydrogen) atoms. The number of benzene rings is 2. The number of rotatable bonds is 3. The molecule has 0 unspecified atom stereocenters. The predicted molar refractivity (Wildman–Crippen MR) is 87.2 cm³/mol. The molecule has 108 valence electrons. The van der Waals surface area contributed by atoms with Gasteiger partial charge >= 0.3 is 0 Å². The van der Waals surface area contributed by atoms with Crippen LogP contribution in [0.25, 0.3) is 22.7 Å². The third-order valence-electron chi connectivity index (χ3n) is 3.59. The lowest BCUT2D eigenvalue weighted by Crippen LogP contribution is -1.96. The molecule has 3 rings (SSSR count). The van der Waals surface area contributed by atoms with Crippen molar-refractivity contribution in [1.82, 2.24) is 9.55 Å². The third-order valence-corrected chi connectivity index (χ3v) is 3.59. The minimum absolute atomic E-state index is 0.503. The summed E-state index contributed by atoms with van der Waals surface area (Å²) in [5.41, 5.74) is 3.23. The Balaban J connectivity index is 2.16. The molecule has 2 aromatic carbocycles. The van der Waals surface area contributed by atoms with Crippen LogP contribution in [-0.2, 0) is 7.05 Å². The number of allylic oxidation sites excluding steroid dienone is 1. The molecule has 0 bridgehead atoms. The molecule has 0 atom stereocenters. The van der Waals surface area contributed by atoms with Crippen LogP contribution in [-0.4, -0.2) is 16.7 Å². The van der Waals surface area contributed by atoms with Gasteiger partial charge in [-0.3, -0.25) is 0 Å². The molecule has 1 heterocycles. The van der Waals surface area contributed by atoms with Crippen LogP contribution >= 0.6 is 0 Å². The number of para-hydroxylation sites is 3. The Labute approximate surface area is 128 Å². The first-order chi connectivity index (χ1) is 10.7. The lowest BCUT2D eigenvalue weighted by atomic mass is 10.1. The smallest absolute Gasteiger partial charge is 0.151 e. The quantitative estimate of drug-likeness (QED) is 0.692. The molecule has 0 aliphatic rings. The van der Waals surface area contributed by atoms with Crippen LogP contribution in [0.1, 0.15) is 11.4 Å². The first-order valence-electron chi connectivity index (χ1n) is 6.91. The van der Waals surface area contributed by atoms with Crippen molar-refractivity contribution in [2.24, 2.45) is 7.05 Å². The third kappa shape index (κ3) is 2.33. The van der Waals surface area contributed by atoms with Gasteiger partial charge in [0, 0.05) is 12.6 Å². The average molecular weight is 289 g/mol. The van der Waals surface area contributed by atoms with E-state index in [1.807, 2.05) is 60.1 Å². The molecule has 4 heteroatoms. The Morgan fingerprint density at radius 2 is 1.91 bits per heavy atom. The zero-order valence-electron chi connectivity index (χ0n) is 12.4. The Morgan fingerprint density at radius 1 is 1.18 bits per heavy atom. The second-order valence-corrected chi connectivity index (χ2v) is 4.89. The van der Waals surface area contributed by atoms with Crippen LogP contribution in [0, 0.1) is 11.3 Å². The molecule has 1 aromatic heterocycles.